The molecule has 1 aromatic carbocycles. The van der Waals surface area contributed by atoms with E-state index in [1.54, 1.807) is 12.1 Å². The van der Waals surface area contributed by atoms with Gasteiger partial charge in [0.1, 0.15) is 5.75 Å². The van der Waals surface area contributed by atoms with Crippen molar-refractivity contribution in [1.29, 1.82) is 0 Å². The molecule has 0 atom stereocenters. The van der Waals surface area contributed by atoms with Crippen LogP contribution in [0.2, 0.25) is 0 Å². The summed E-state index contributed by atoms with van der Waals surface area (Å²) < 4.78 is 4.90. The first kappa shape index (κ1) is 10.1. The zero-order valence-corrected chi connectivity index (χ0v) is 7.56. The van der Waals surface area contributed by atoms with Gasteiger partial charge in [-0.25, -0.2) is 4.79 Å². The first-order valence-electron chi connectivity index (χ1n) is 3.81. The van der Waals surface area contributed by atoms with E-state index in [2.05, 4.69) is 0 Å². The fourth-order valence-corrected chi connectivity index (χ4v) is 0.882. The number of methoxy groups -OCH3 is 1. The molecule has 0 radical (unpaired) electrons. The van der Waals surface area contributed by atoms with Crippen LogP contribution in [0.15, 0.2) is 24.3 Å². The summed E-state index contributed by atoms with van der Waals surface area (Å²) in [5, 5.41) is 11.4. The average molecular weight is 196 g/mol. The number of benzene rings is 1. The third kappa shape index (κ3) is 2.53. The number of anilines is 1. The summed E-state index contributed by atoms with van der Waals surface area (Å²) in [6.45, 7) is 0. The second-order valence-electron chi connectivity index (χ2n) is 2.47. The van der Waals surface area contributed by atoms with Gasteiger partial charge in [0.2, 0.25) is 0 Å². The summed E-state index contributed by atoms with van der Waals surface area (Å²) in [4.78, 5) is 10.4. The highest BCUT2D eigenvalue weighted by Crippen LogP contribution is 2.16. The van der Waals surface area contributed by atoms with Gasteiger partial charge in [-0.3, -0.25) is 5.43 Å². The molecule has 0 aliphatic carbocycles. The van der Waals surface area contributed by atoms with Crippen LogP contribution < -0.4 is 21.1 Å². The molecule has 0 fully saturated rings. The van der Waals surface area contributed by atoms with E-state index in [9.17, 15) is 10.0 Å². The van der Waals surface area contributed by atoms with E-state index in [1.807, 2.05) is 5.43 Å². The van der Waals surface area contributed by atoms with Gasteiger partial charge in [0.25, 0.3) is 0 Å². The SMILES string of the molecule is COc1ccc(N([O-])NC(N)=O)cc1. The minimum absolute atomic E-state index is 0.268. The highest BCUT2D eigenvalue weighted by atomic mass is 16.5. The van der Waals surface area contributed by atoms with Crippen LogP contribution in [0.1, 0.15) is 0 Å². The Morgan fingerprint density at radius 1 is 1.50 bits per heavy atom. The van der Waals surface area contributed by atoms with E-state index in [4.69, 9.17) is 10.5 Å². The molecule has 3 N–H and O–H groups in total. The Morgan fingerprint density at radius 3 is 2.50 bits per heavy atom. The number of hydrogen-bond acceptors (Lipinski definition) is 4. The summed E-state index contributed by atoms with van der Waals surface area (Å²) in [5.74, 6) is 0.626. The van der Waals surface area contributed by atoms with Crippen molar-refractivity contribution < 1.29 is 9.53 Å². The number of carbonyl (C=O) groups excluding carboxylic acids is 1. The van der Waals surface area contributed by atoms with E-state index >= 15 is 0 Å². The van der Waals surface area contributed by atoms with Crippen LogP contribution in [0.3, 0.4) is 0 Å². The molecule has 14 heavy (non-hydrogen) atoms. The van der Waals surface area contributed by atoms with E-state index in [0.717, 1.165) is 0 Å². The first-order chi connectivity index (χ1) is 6.63. The maximum Gasteiger partial charge on any atom is 0.330 e. The topological polar surface area (TPSA) is 90.7 Å². The Bertz CT molecular complexity index is 312. The number of carbonyl (C=O) groups is 1. The van der Waals surface area contributed by atoms with Gasteiger partial charge < -0.3 is 20.9 Å². The van der Waals surface area contributed by atoms with Gasteiger partial charge in [0.15, 0.2) is 0 Å². The van der Waals surface area contributed by atoms with Crippen molar-refractivity contribution in [2.45, 2.75) is 0 Å². The Balaban J connectivity index is 2.71. The van der Waals surface area contributed by atoms with E-state index < -0.39 is 6.03 Å². The Morgan fingerprint density at radius 2 is 2.07 bits per heavy atom. The molecule has 1 rings (SSSR count). The molecule has 0 heterocycles. The maximum atomic E-state index is 11.1. The molecule has 6 nitrogen and oxygen atoms in total. The molecule has 0 unspecified atom stereocenters. The fraction of sp³-hybridized carbons (Fsp3) is 0.125. The molecule has 0 aromatic heterocycles. The molecule has 6 heteroatoms. The smallest absolute Gasteiger partial charge is 0.330 e. The molecule has 0 bridgehead atoms. The number of urea groups is 1. The summed E-state index contributed by atoms with van der Waals surface area (Å²) in [6.07, 6.45) is 0. The number of nitrogens with one attached hydrogen (secondary N) is 1. The largest absolute Gasteiger partial charge is 0.739 e. The van der Waals surface area contributed by atoms with Gasteiger partial charge in [-0.2, -0.15) is 0 Å². The van der Waals surface area contributed by atoms with E-state index in [-0.39, 0.29) is 10.9 Å². The van der Waals surface area contributed by atoms with E-state index in [0.29, 0.717) is 5.75 Å². The Hall–Kier alpha value is -1.95. The summed E-state index contributed by atoms with van der Waals surface area (Å²) in [6, 6.07) is 5.30. The number of rotatable bonds is 3. The second kappa shape index (κ2) is 4.33. The number of ether oxygens (including phenoxy) is 1. The first-order valence-corrected chi connectivity index (χ1v) is 3.81. The van der Waals surface area contributed by atoms with Crippen LogP contribution in [0.25, 0.3) is 0 Å². The lowest BCUT2D eigenvalue weighted by atomic mass is 10.3. The van der Waals surface area contributed by atoms with Gasteiger partial charge in [-0.05, 0) is 24.3 Å². The average Bonchev–Trinajstić information content (AvgIpc) is 2.17. The zero-order chi connectivity index (χ0) is 10.6. The predicted octanol–water partition coefficient (Wildman–Crippen LogP) is 0.583. The van der Waals surface area contributed by atoms with Crippen LogP contribution in [-0.4, -0.2) is 13.1 Å². The molecule has 2 amide bonds. The standard InChI is InChI=1S/C8H10N3O3/c1-14-7-4-2-6(3-5-7)11(13)10-8(9)12/h2-5H,1H3,(H3,9,10,12)/q-1. The number of nitrogens with zero attached hydrogens (tertiary/aromatic N) is 1. The van der Waals surface area contributed by atoms with E-state index in [1.165, 1.54) is 19.2 Å². The molecule has 0 aliphatic rings. The normalized spacial score (nSPS) is 9.29. The maximum absolute atomic E-state index is 11.1. The lowest BCUT2D eigenvalue weighted by Crippen LogP contribution is -2.41. The molecule has 0 saturated heterocycles. The van der Waals surface area contributed by atoms with Crippen molar-refractivity contribution in [3.63, 3.8) is 0 Å². The van der Waals surface area contributed by atoms with Crippen LogP contribution in [-0.2, 0) is 0 Å². The molecule has 76 valence electrons. The number of amides is 2. The van der Waals surface area contributed by atoms with Crippen molar-refractivity contribution in [3.8, 4) is 5.75 Å². The zero-order valence-electron chi connectivity index (χ0n) is 7.56. The van der Waals surface area contributed by atoms with Crippen molar-refractivity contribution in [2.24, 2.45) is 5.73 Å². The minimum Gasteiger partial charge on any atom is -0.739 e. The quantitative estimate of drug-likeness (QED) is 0.692. The summed E-state index contributed by atoms with van der Waals surface area (Å²) >= 11 is 0. The number of hydrogen-bond donors (Lipinski definition) is 2. The van der Waals surface area contributed by atoms with Crippen molar-refractivity contribution in [1.82, 2.24) is 5.43 Å². The van der Waals surface area contributed by atoms with Gasteiger partial charge in [0, 0.05) is 5.69 Å². The van der Waals surface area contributed by atoms with Gasteiger partial charge >= 0.3 is 6.03 Å². The van der Waals surface area contributed by atoms with Gasteiger partial charge in [-0.1, -0.05) is 0 Å². The second-order valence-corrected chi connectivity index (χ2v) is 2.47. The van der Waals surface area contributed by atoms with Crippen molar-refractivity contribution >= 4 is 11.7 Å². The number of primary amides is 1. The molecule has 0 spiro atoms. The molecule has 1 aromatic rings. The highest BCUT2D eigenvalue weighted by molar-refractivity contribution is 5.74. The molecule has 0 saturated carbocycles. The number of nitrogens with two attached hydrogens (primary N) is 1. The van der Waals surface area contributed by atoms with Crippen LogP contribution in [0, 0.1) is 5.21 Å². The lowest BCUT2D eigenvalue weighted by molar-refractivity contribution is 0.249. The Labute approximate surface area is 80.8 Å². The molecule has 0 aliphatic heterocycles. The van der Waals surface area contributed by atoms with Crippen molar-refractivity contribution in [3.05, 3.63) is 29.5 Å². The van der Waals surface area contributed by atoms with Gasteiger partial charge in [-0.15, -0.1) is 0 Å². The fourth-order valence-electron chi connectivity index (χ4n) is 0.882. The number of hydrazine groups is 1. The highest BCUT2D eigenvalue weighted by Gasteiger charge is 1.97. The van der Waals surface area contributed by atoms with Crippen LogP contribution in [0.4, 0.5) is 10.5 Å². The third-order valence-corrected chi connectivity index (χ3v) is 1.52. The molecular formula is C8H10N3O3-. The van der Waals surface area contributed by atoms with Gasteiger partial charge in [0.05, 0.1) is 7.11 Å². The molecular weight excluding hydrogens is 186 g/mol. The summed E-state index contributed by atoms with van der Waals surface area (Å²) in [7, 11) is 1.52. The van der Waals surface area contributed by atoms with Crippen molar-refractivity contribution in [2.75, 3.05) is 12.3 Å². The predicted molar refractivity (Wildman–Crippen MR) is 51.6 cm³/mol. The minimum atomic E-state index is -0.907. The lowest BCUT2D eigenvalue weighted by Gasteiger charge is -2.29. The Kier molecular flexibility index (Phi) is 3.14. The van der Waals surface area contributed by atoms with Crippen LogP contribution >= 0.6 is 0 Å². The summed E-state index contributed by atoms with van der Waals surface area (Å²) in [5.41, 5.74) is 6.91. The van der Waals surface area contributed by atoms with Crippen LogP contribution in [0.5, 0.6) is 5.75 Å². The monoisotopic (exact) mass is 196 g/mol. The third-order valence-electron chi connectivity index (χ3n) is 1.52.